The summed E-state index contributed by atoms with van der Waals surface area (Å²) < 4.78 is 13.7. The molecule has 1 heterocycles. The molecule has 6 heteroatoms. The highest BCUT2D eigenvalue weighted by Gasteiger charge is 2.15. The number of amidine groups is 1. The molecular formula is C14H10FN3OS. The Morgan fingerprint density at radius 3 is 2.80 bits per heavy atom. The largest absolute Gasteiger partial charge is 0.303 e. The van der Waals surface area contributed by atoms with Crippen LogP contribution in [0.5, 0.6) is 0 Å². The van der Waals surface area contributed by atoms with Gasteiger partial charge in [0.1, 0.15) is 5.82 Å². The summed E-state index contributed by atoms with van der Waals surface area (Å²) in [5, 5.41) is 12.3. The Bertz CT molecular complexity index is 742. The van der Waals surface area contributed by atoms with E-state index >= 15 is 0 Å². The van der Waals surface area contributed by atoms with Crippen LogP contribution in [0.4, 0.5) is 4.39 Å². The third kappa shape index (κ3) is 2.55. The Kier molecular flexibility index (Phi) is 3.47. The zero-order chi connectivity index (χ0) is 13.9. The second-order valence-electron chi connectivity index (χ2n) is 4.17. The van der Waals surface area contributed by atoms with Gasteiger partial charge in [-0.15, -0.1) is 5.10 Å². The van der Waals surface area contributed by atoms with Crippen molar-refractivity contribution >= 4 is 39.8 Å². The molecule has 1 fully saturated rings. The lowest BCUT2D eigenvalue weighted by atomic mass is 10.1. The summed E-state index contributed by atoms with van der Waals surface area (Å²) in [6.07, 6.45) is 1.56. The van der Waals surface area contributed by atoms with Gasteiger partial charge >= 0.3 is 0 Å². The minimum atomic E-state index is -0.261. The summed E-state index contributed by atoms with van der Waals surface area (Å²) in [6.45, 7) is 0. The van der Waals surface area contributed by atoms with Crippen molar-refractivity contribution in [2.45, 2.75) is 0 Å². The molecular weight excluding hydrogens is 277 g/mol. The van der Waals surface area contributed by atoms with Gasteiger partial charge in [0.2, 0.25) is 5.91 Å². The van der Waals surface area contributed by atoms with E-state index in [4.69, 9.17) is 0 Å². The minimum Gasteiger partial charge on any atom is -0.303 e. The molecule has 100 valence electrons. The van der Waals surface area contributed by atoms with Crippen molar-refractivity contribution in [1.29, 1.82) is 0 Å². The highest BCUT2D eigenvalue weighted by atomic mass is 32.2. The third-order valence-electron chi connectivity index (χ3n) is 2.83. The van der Waals surface area contributed by atoms with Crippen LogP contribution in [-0.2, 0) is 4.79 Å². The number of fused-ring (bicyclic) bond motifs is 1. The van der Waals surface area contributed by atoms with Gasteiger partial charge in [0.25, 0.3) is 0 Å². The normalized spacial score (nSPS) is 17.2. The summed E-state index contributed by atoms with van der Waals surface area (Å²) >= 11 is 1.31. The van der Waals surface area contributed by atoms with Crippen LogP contribution in [0.2, 0.25) is 0 Å². The maximum Gasteiger partial charge on any atom is 0.236 e. The molecule has 1 aliphatic heterocycles. The quantitative estimate of drug-likeness (QED) is 0.681. The molecule has 1 saturated heterocycles. The molecule has 0 spiro atoms. The molecule has 2 aromatic carbocycles. The number of amides is 1. The first-order valence-corrected chi connectivity index (χ1v) is 6.93. The van der Waals surface area contributed by atoms with Crippen molar-refractivity contribution in [3.05, 3.63) is 47.8 Å². The predicted octanol–water partition coefficient (Wildman–Crippen LogP) is 2.53. The summed E-state index contributed by atoms with van der Waals surface area (Å²) in [5.74, 6) is 0.0345. The average molecular weight is 287 g/mol. The number of halogens is 1. The van der Waals surface area contributed by atoms with Gasteiger partial charge in [-0.1, -0.05) is 42.1 Å². The van der Waals surface area contributed by atoms with E-state index in [0.29, 0.717) is 16.3 Å². The van der Waals surface area contributed by atoms with Gasteiger partial charge in [0.15, 0.2) is 5.17 Å². The van der Waals surface area contributed by atoms with E-state index < -0.39 is 0 Å². The number of rotatable bonds is 2. The number of carbonyl (C=O) groups excluding carboxylic acids is 1. The molecule has 1 aliphatic rings. The molecule has 0 saturated carbocycles. The van der Waals surface area contributed by atoms with Crippen LogP contribution in [0, 0.1) is 5.82 Å². The first-order valence-electron chi connectivity index (χ1n) is 5.95. The average Bonchev–Trinajstić information content (AvgIpc) is 2.86. The molecule has 0 aliphatic carbocycles. The summed E-state index contributed by atoms with van der Waals surface area (Å²) in [4.78, 5) is 11.0. The standard InChI is InChI=1S/C14H10FN3OS/c15-12-6-2-4-10-9(3-1-5-11(10)12)7-16-18-14-17-13(19)8-20-14/h1-7H,8H2,(H,17,18,19). The van der Waals surface area contributed by atoms with Gasteiger partial charge < -0.3 is 5.32 Å². The lowest BCUT2D eigenvalue weighted by molar-refractivity contribution is -0.116. The van der Waals surface area contributed by atoms with Crippen LogP contribution in [0.25, 0.3) is 10.8 Å². The molecule has 1 N–H and O–H groups in total. The summed E-state index contributed by atoms with van der Waals surface area (Å²) in [5.41, 5.74) is 0.778. The number of nitrogens with zero attached hydrogens (tertiary/aromatic N) is 2. The zero-order valence-corrected chi connectivity index (χ0v) is 11.2. The SMILES string of the molecule is O=C1CSC(=NN=Cc2cccc3c(F)cccc23)N1. The van der Waals surface area contributed by atoms with Crippen molar-refractivity contribution in [3.8, 4) is 0 Å². The van der Waals surface area contributed by atoms with Gasteiger partial charge in [-0.2, -0.15) is 5.10 Å². The highest BCUT2D eigenvalue weighted by molar-refractivity contribution is 8.15. The van der Waals surface area contributed by atoms with Crippen molar-refractivity contribution in [2.24, 2.45) is 10.2 Å². The number of thioether (sulfide) groups is 1. The number of hydrogen-bond acceptors (Lipinski definition) is 4. The Morgan fingerprint density at radius 2 is 2.00 bits per heavy atom. The van der Waals surface area contributed by atoms with E-state index in [2.05, 4.69) is 15.5 Å². The number of nitrogens with one attached hydrogen (secondary N) is 1. The molecule has 0 atom stereocenters. The summed E-state index contributed by atoms with van der Waals surface area (Å²) in [7, 11) is 0. The third-order valence-corrected chi connectivity index (χ3v) is 3.70. The Hall–Kier alpha value is -2.21. The number of hydrogen-bond donors (Lipinski definition) is 1. The number of benzene rings is 2. The topological polar surface area (TPSA) is 53.8 Å². The second kappa shape index (κ2) is 5.42. The molecule has 20 heavy (non-hydrogen) atoms. The lowest BCUT2D eigenvalue weighted by Crippen LogP contribution is -2.19. The maximum atomic E-state index is 13.7. The van der Waals surface area contributed by atoms with Crippen molar-refractivity contribution in [3.63, 3.8) is 0 Å². The molecule has 0 unspecified atom stereocenters. The molecule has 0 radical (unpaired) electrons. The van der Waals surface area contributed by atoms with Crippen LogP contribution >= 0.6 is 11.8 Å². The van der Waals surface area contributed by atoms with E-state index in [-0.39, 0.29) is 11.7 Å². The Morgan fingerprint density at radius 1 is 1.20 bits per heavy atom. The van der Waals surface area contributed by atoms with Gasteiger partial charge in [-0.25, -0.2) is 4.39 Å². The van der Waals surface area contributed by atoms with E-state index in [9.17, 15) is 9.18 Å². The highest BCUT2D eigenvalue weighted by Crippen LogP contribution is 2.20. The fraction of sp³-hybridized carbons (Fsp3) is 0.0714. The Labute approximate surface area is 118 Å². The fourth-order valence-corrected chi connectivity index (χ4v) is 2.56. The van der Waals surface area contributed by atoms with Gasteiger partial charge in [-0.3, -0.25) is 4.79 Å². The molecule has 1 amide bonds. The summed E-state index contributed by atoms with van der Waals surface area (Å²) in [6, 6.07) is 10.2. The zero-order valence-electron chi connectivity index (χ0n) is 10.3. The molecule has 0 bridgehead atoms. The van der Waals surface area contributed by atoms with Gasteiger partial charge in [0, 0.05) is 10.9 Å². The minimum absolute atomic E-state index is 0.0730. The lowest BCUT2D eigenvalue weighted by Gasteiger charge is -2.01. The molecule has 3 rings (SSSR count). The van der Waals surface area contributed by atoms with Crippen molar-refractivity contribution in [1.82, 2.24) is 5.32 Å². The second-order valence-corrected chi connectivity index (χ2v) is 5.13. The Balaban J connectivity index is 1.91. The van der Waals surface area contributed by atoms with Crippen molar-refractivity contribution in [2.75, 3.05) is 5.75 Å². The molecule has 2 aromatic rings. The fourth-order valence-electron chi connectivity index (χ4n) is 1.93. The van der Waals surface area contributed by atoms with Gasteiger partial charge in [0.05, 0.1) is 12.0 Å². The van der Waals surface area contributed by atoms with Gasteiger partial charge in [-0.05, 0) is 11.5 Å². The monoisotopic (exact) mass is 287 g/mol. The maximum absolute atomic E-state index is 13.7. The first kappa shape index (κ1) is 12.8. The first-order chi connectivity index (χ1) is 9.74. The van der Waals surface area contributed by atoms with E-state index in [0.717, 1.165) is 10.9 Å². The van der Waals surface area contributed by atoms with Crippen LogP contribution < -0.4 is 5.32 Å². The molecule has 0 aromatic heterocycles. The van der Waals surface area contributed by atoms with E-state index in [1.807, 2.05) is 12.1 Å². The molecule has 4 nitrogen and oxygen atoms in total. The van der Waals surface area contributed by atoms with Crippen LogP contribution in [0.1, 0.15) is 5.56 Å². The van der Waals surface area contributed by atoms with Crippen molar-refractivity contribution < 1.29 is 9.18 Å². The van der Waals surface area contributed by atoms with Crippen LogP contribution in [0.15, 0.2) is 46.6 Å². The van der Waals surface area contributed by atoms with Crippen LogP contribution in [-0.4, -0.2) is 23.0 Å². The van der Waals surface area contributed by atoms with E-state index in [1.54, 1.807) is 24.4 Å². The predicted molar refractivity (Wildman–Crippen MR) is 79.5 cm³/mol. The smallest absolute Gasteiger partial charge is 0.236 e. The van der Waals surface area contributed by atoms with E-state index in [1.165, 1.54) is 17.8 Å². The number of carbonyl (C=O) groups is 1. The van der Waals surface area contributed by atoms with Crippen LogP contribution in [0.3, 0.4) is 0 Å².